The number of halogens is 4. The number of likely N-dealkylation sites (tertiary alicyclic amines) is 2. The Morgan fingerprint density at radius 2 is 1.15 bits per heavy atom. The summed E-state index contributed by atoms with van der Waals surface area (Å²) in [5.41, 5.74) is 4.98. The third-order valence-corrected chi connectivity index (χ3v) is 19.0. The third-order valence-electron chi connectivity index (χ3n) is 18.4. The van der Waals surface area contributed by atoms with Gasteiger partial charge in [-0.1, -0.05) is 31.0 Å². The zero-order chi connectivity index (χ0) is 60.7. The molecule has 7 fully saturated rings. The largest absolute Gasteiger partial charge is 0.495 e. The van der Waals surface area contributed by atoms with Crippen molar-refractivity contribution in [2.24, 2.45) is 11.8 Å². The van der Waals surface area contributed by atoms with E-state index in [2.05, 4.69) is 97.8 Å². The molecule has 2 aromatic heterocycles. The second-order valence-corrected chi connectivity index (χ2v) is 26.4. The minimum absolute atomic E-state index is 0. The third kappa shape index (κ3) is 16.9. The number of carbonyl (C=O) groups is 2. The number of urea groups is 2. The number of hydrogen-bond acceptors (Lipinski definition) is 14. The Hall–Kier alpha value is -4.83. The van der Waals surface area contributed by atoms with E-state index in [-0.39, 0.29) is 50.4 Å². The average Bonchev–Trinajstić information content (AvgIpc) is 2.09. The minimum Gasteiger partial charge on any atom is -0.399 e. The van der Waals surface area contributed by atoms with E-state index >= 15 is 0 Å². The van der Waals surface area contributed by atoms with Crippen LogP contribution in [0.3, 0.4) is 0 Å². The Morgan fingerprint density at radius 3 is 1.63 bits per heavy atom. The van der Waals surface area contributed by atoms with E-state index < -0.39 is 42.9 Å². The van der Waals surface area contributed by atoms with Gasteiger partial charge in [0.05, 0.1) is 61.9 Å². The summed E-state index contributed by atoms with van der Waals surface area (Å²) in [6.07, 6.45) is 3.70. The maximum atomic E-state index is 12.9. The molecule has 0 bridgehead atoms. The first-order valence-electron chi connectivity index (χ1n) is 30.4. The molecule has 0 spiro atoms. The summed E-state index contributed by atoms with van der Waals surface area (Å²) >= 11 is 2.32. The van der Waals surface area contributed by atoms with Gasteiger partial charge in [0.1, 0.15) is 23.3 Å². The lowest BCUT2D eigenvalue weighted by Crippen LogP contribution is -2.48. The van der Waals surface area contributed by atoms with E-state index in [1.54, 1.807) is 12.1 Å². The van der Waals surface area contributed by atoms with Crippen LogP contribution in [0.2, 0.25) is 0 Å². The van der Waals surface area contributed by atoms with Crippen molar-refractivity contribution in [3.05, 3.63) is 75.4 Å². The highest BCUT2D eigenvalue weighted by Gasteiger charge is 2.52. The molecule has 18 nitrogen and oxygen atoms in total. The number of benzene rings is 2. The van der Waals surface area contributed by atoms with Crippen LogP contribution in [0.5, 0.6) is 0 Å². The van der Waals surface area contributed by atoms with Crippen LogP contribution in [0, 0.1) is 29.3 Å². The summed E-state index contributed by atoms with van der Waals surface area (Å²) in [5, 5.41) is 32.5. The average molecular weight is 1330 g/mol. The van der Waals surface area contributed by atoms with E-state index in [9.17, 15) is 33.0 Å². The lowest BCUT2D eigenvalue weighted by Gasteiger charge is -2.41. The number of ether oxygens (including phenoxy) is 2. The summed E-state index contributed by atoms with van der Waals surface area (Å²) in [4.78, 5) is 42.9. The zero-order valence-electron chi connectivity index (χ0n) is 51.0. The van der Waals surface area contributed by atoms with Crippen molar-refractivity contribution in [3.8, 4) is 11.1 Å². The van der Waals surface area contributed by atoms with Gasteiger partial charge in [0, 0.05) is 73.7 Å². The van der Waals surface area contributed by atoms with E-state index in [1.807, 2.05) is 57.7 Å². The number of aliphatic hydroxyl groups is 2. The molecular formula is C62H89BF3IN10O8S. The van der Waals surface area contributed by atoms with Crippen molar-refractivity contribution in [1.82, 2.24) is 19.8 Å². The van der Waals surface area contributed by atoms with Gasteiger partial charge in [-0.3, -0.25) is 0 Å². The van der Waals surface area contributed by atoms with Crippen LogP contribution in [-0.4, -0.2) is 170 Å². The van der Waals surface area contributed by atoms with Gasteiger partial charge < -0.3 is 69.9 Å². The molecule has 7 heterocycles. The molecule has 472 valence electrons. The van der Waals surface area contributed by atoms with Crippen LogP contribution in [-0.2, 0) is 18.8 Å². The van der Waals surface area contributed by atoms with Crippen LogP contribution >= 0.6 is 36.1 Å². The molecule has 2 saturated carbocycles. The number of aromatic nitrogens is 2. The van der Waals surface area contributed by atoms with Crippen molar-refractivity contribution < 1.29 is 51.8 Å². The van der Waals surface area contributed by atoms with Crippen LogP contribution in [0.15, 0.2) is 60.7 Å². The van der Waals surface area contributed by atoms with Gasteiger partial charge in [-0.2, -0.15) is 26.7 Å². The van der Waals surface area contributed by atoms with Crippen molar-refractivity contribution in [2.75, 3.05) is 123 Å². The van der Waals surface area contributed by atoms with Gasteiger partial charge in [-0.05, 0) is 198 Å². The number of rotatable bonds is 14. The highest BCUT2D eigenvalue weighted by Crippen LogP contribution is 2.40. The zero-order valence-corrected chi connectivity index (χ0v) is 54.2. The molecule has 2 aromatic carbocycles. The fourth-order valence-corrected chi connectivity index (χ4v) is 12.4. The van der Waals surface area contributed by atoms with Crippen LogP contribution in [0.25, 0.3) is 11.1 Å². The number of anilines is 6. The molecule has 2 atom stereocenters. The molecule has 0 unspecified atom stereocenters. The summed E-state index contributed by atoms with van der Waals surface area (Å²) in [5.74, 6) is 3.60. The van der Waals surface area contributed by atoms with Gasteiger partial charge in [-0.15, -0.1) is 0 Å². The van der Waals surface area contributed by atoms with Gasteiger partial charge in [0.15, 0.2) is 0 Å². The predicted molar refractivity (Wildman–Crippen MR) is 348 cm³/mol. The maximum absolute atomic E-state index is 12.9. The number of nitrogens with zero attached hydrogens (tertiary/aromatic N) is 6. The van der Waals surface area contributed by atoms with Gasteiger partial charge in [0.2, 0.25) is 0 Å². The molecule has 11 rings (SSSR count). The number of pyridine rings is 2. The number of alkyl halides is 3. The molecule has 0 radical (unpaired) electrons. The number of nitrogens with one attached hydrogen (secondary N) is 4. The topological polar surface area (TPSA) is 198 Å². The van der Waals surface area contributed by atoms with Gasteiger partial charge >= 0.3 is 25.4 Å². The van der Waals surface area contributed by atoms with E-state index in [0.717, 1.165) is 158 Å². The van der Waals surface area contributed by atoms with E-state index in [1.165, 1.54) is 11.3 Å². The van der Waals surface area contributed by atoms with Crippen LogP contribution < -0.4 is 36.5 Å². The molecule has 6 N–H and O–H groups in total. The highest BCUT2D eigenvalue weighted by atomic mass is 127. The molecule has 5 aliphatic heterocycles. The Morgan fingerprint density at radius 1 is 0.674 bits per heavy atom. The normalized spacial score (nSPS) is 21.8. The Bertz CT molecular complexity index is 2920. The number of carbonyl (C=O) groups excluding carboxylic acids is 2. The first-order valence-corrected chi connectivity index (χ1v) is 31.4. The minimum atomic E-state index is -4.20. The highest BCUT2D eigenvalue weighted by molar-refractivity contribution is 14.1. The van der Waals surface area contributed by atoms with Gasteiger partial charge in [0.25, 0.3) is 0 Å². The summed E-state index contributed by atoms with van der Waals surface area (Å²) < 4.78 is 62.0. The maximum Gasteiger partial charge on any atom is 0.495 e. The Balaban J connectivity index is 0.000000173. The quantitative estimate of drug-likeness (QED) is 0.0515. The first kappa shape index (κ1) is 67.1. The van der Waals surface area contributed by atoms with Gasteiger partial charge in [-0.25, -0.2) is 19.6 Å². The van der Waals surface area contributed by atoms with Crippen molar-refractivity contribution in [3.63, 3.8) is 0 Å². The summed E-state index contributed by atoms with van der Waals surface area (Å²) in [6.45, 7) is 22.7. The molecule has 86 heavy (non-hydrogen) atoms. The second-order valence-electron chi connectivity index (χ2n) is 25.1. The fraction of sp³-hybridized carbons (Fsp3) is 0.613. The van der Waals surface area contributed by atoms with Crippen molar-refractivity contribution in [1.29, 1.82) is 0 Å². The van der Waals surface area contributed by atoms with E-state index in [0.29, 0.717) is 37.8 Å². The predicted octanol–water partition coefficient (Wildman–Crippen LogP) is 10.5. The molecule has 4 aromatic rings. The number of amides is 4. The number of aliphatic hydroxyl groups excluding tert-OH is 2. The lowest BCUT2D eigenvalue weighted by molar-refractivity contribution is -0.143. The Labute approximate surface area is 526 Å². The van der Waals surface area contributed by atoms with E-state index in [4.69, 9.17) is 28.8 Å². The van der Waals surface area contributed by atoms with Crippen LogP contribution in [0.4, 0.5) is 57.4 Å². The van der Waals surface area contributed by atoms with Crippen molar-refractivity contribution >= 4 is 95.4 Å². The molecular weight excluding hydrogens is 1240 g/mol. The monoisotopic (exact) mass is 1330 g/mol. The summed E-state index contributed by atoms with van der Waals surface area (Å²) in [7, 11) is -0.556. The molecule has 7 aliphatic rings. The molecule has 24 heteroatoms. The standard InChI is InChI=1S/C28H39N5O3.C20H28BF3N2O3.C14H20IN3O2.H2S/c1-3-21-7-10-33(18-21)27(35)29-23-6-5-20(2)24(17-23)22-15-25(31-28(19-34)8-4-9-28)30-26(16-22)32-11-13-36-14-12-32;1-13-6-7-15(10-16(13)21-28-18(2,3)19(4,5)29-21)25-17(27)26-9-8-14(12-26)11-20(22,23)24;15-11-8-12(17-14(10-19)2-1-3-14)16-13(9-11)18-4-6-20-7-5-18;/h5-6,15-17,21,34H,3-4,7-14,18-19H2,1-2H3,(H,29,35)(H,30,31);6-7,10,14H,8-9,11-12H2,1-5H3,(H,25,27);8-9,19H,1-7,10H2,(H,16,17);1H2/t21-;14-;;/m10../s1. The number of hydrogen-bond donors (Lipinski definition) is 6. The van der Waals surface area contributed by atoms with Crippen LogP contribution in [0.1, 0.15) is 110 Å². The van der Waals surface area contributed by atoms with Crippen molar-refractivity contribution in [2.45, 2.75) is 141 Å². The first-order chi connectivity index (χ1) is 40.5. The Kier molecular flexibility index (Phi) is 22.5. The lowest BCUT2D eigenvalue weighted by atomic mass is 9.76. The smallest absolute Gasteiger partial charge is 0.399 e. The second kappa shape index (κ2) is 28.8. The number of morpholine rings is 2. The SMILES string of the molecule is CC[C@@H]1CCN(C(=O)Nc2ccc(C)c(-c3cc(NC4(CO)CCC4)nc(N4CCOCC4)c3)c2)C1.Cc1ccc(NC(=O)N2CC[C@@H](CC(F)(F)F)C2)cc1B1OC(C)(C)C(C)(C)O1.OCC1(Nc2cc(I)cc(N3CCOCC3)n2)CCC1.S. The molecule has 4 amide bonds. The number of aryl methyl sites for hydroxylation is 2. The molecule has 2 aliphatic carbocycles. The summed E-state index contributed by atoms with van der Waals surface area (Å²) in [6, 6.07) is 19.5. The fourth-order valence-electron chi connectivity index (χ4n) is 11.8. The molecule has 5 saturated heterocycles.